The topological polar surface area (TPSA) is 129 Å². The van der Waals surface area contributed by atoms with Crippen molar-refractivity contribution in [1.82, 2.24) is 26.3 Å². The minimum atomic E-state index is -0.823. The van der Waals surface area contributed by atoms with Gasteiger partial charge in [0.1, 0.15) is 23.5 Å². The zero-order valence-electron chi connectivity index (χ0n) is 23.6. The summed E-state index contributed by atoms with van der Waals surface area (Å²) in [5.41, 5.74) is -0.0529. The zero-order chi connectivity index (χ0) is 29.2. The molecular weight excluding hydrogens is 529 g/mol. The van der Waals surface area contributed by atoms with E-state index < -0.39 is 23.9 Å². The number of amides is 4. The number of hydrogen-bond acceptors (Lipinski definition) is 5. The second kappa shape index (κ2) is 15.9. The molecule has 0 unspecified atom stereocenters. The minimum Gasteiger partial charge on any atom is -0.350 e. The molecule has 38 heavy (non-hydrogen) atoms. The SMILES string of the molecule is CC(C)[C@H](NC(=O)c1cccc(C(=O)N[C@H](C(=O)N[C@H](CCl)C(C)C)C(C)C)n1)C(=O)N[C@H](CCl)C(C)C. The standard InChI is InChI=1S/C27H43Cl2N5O4/c1-14(2)20(12-28)31-26(37)22(16(5)6)33-24(35)18-10-9-11-19(30-18)25(36)34-23(17(7)8)27(38)32-21(13-29)15(3)4/h9-11,14-17,20-23H,12-13H2,1-8H3,(H,31,37)(H,32,38)(H,33,35)(H,34,36)/t20-,21-,22+,23+/m1/s1. The predicted octanol–water partition coefficient (Wildman–Crippen LogP) is 3.35. The highest BCUT2D eigenvalue weighted by molar-refractivity contribution is 6.18. The van der Waals surface area contributed by atoms with E-state index in [1.165, 1.54) is 18.2 Å². The summed E-state index contributed by atoms with van der Waals surface area (Å²) in [6, 6.07) is 2.32. The van der Waals surface area contributed by atoms with Gasteiger partial charge in [-0.3, -0.25) is 19.2 Å². The Balaban J connectivity index is 3.03. The number of carbonyl (C=O) groups is 4. The molecule has 1 heterocycles. The first-order chi connectivity index (χ1) is 17.7. The Morgan fingerprint density at radius 2 is 0.974 bits per heavy atom. The molecule has 0 radical (unpaired) electrons. The van der Waals surface area contributed by atoms with Gasteiger partial charge in [-0.1, -0.05) is 61.5 Å². The van der Waals surface area contributed by atoms with E-state index in [2.05, 4.69) is 26.3 Å². The van der Waals surface area contributed by atoms with Crippen molar-refractivity contribution in [3.63, 3.8) is 0 Å². The number of aromatic nitrogens is 1. The molecule has 0 saturated carbocycles. The number of carbonyl (C=O) groups excluding carboxylic acids is 4. The third-order valence-electron chi connectivity index (χ3n) is 6.28. The van der Waals surface area contributed by atoms with Gasteiger partial charge >= 0.3 is 0 Å². The summed E-state index contributed by atoms with van der Waals surface area (Å²) in [5, 5.41) is 11.2. The van der Waals surface area contributed by atoms with E-state index in [1.807, 2.05) is 55.4 Å². The summed E-state index contributed by atoms with van der Waals surface area (Å²) in [5.74, 6) is -1.54. The zero-order valence-corrected chi connectivity index (χ0v) is 25.1. The van der Waals surface area contributed by atoms with Gasteiger partial charge in [0.05, 0.1) is 0 Å². The monoisotopic (exact) mass is 571 g/mol. The van der Waals surface area contributed by atoms with Crippen molar-refractivity contribution in [1.29, 1.82) is 0 Å². The molecule has 0 aliphatic heterocycles. The Bertz CT molecular complexity index is 884. The number of nitrogens with one attached hydrogen (secondary N) is 4. The van der Waals surface area contributed by atoms with E-state index in [-0.39, 0.29) is 70.7 Å². The molecule has 214 valence electrons. The van der Waals surface area contributed by atoms with Gasteiger partial charge in [-0.2, -0.15) is 0 Å². The van der Waals surface area contributed by atoms with Crippen molar-refractivity contribution in [2.24, 2.45) is 23.7 Å². The van der Waals surface area contributed by atoms with Crippen LogP contribution in [0.4, 0.5) is 0 Å². The second-order valence-corrected chi connectivity index (χ2v) is 11.4. The van der Waals surface area contributed by atoms with Crippen molar-refractivity contribution in [3.05, 3.63) is 29.6 Å². The molecule has 0 fully saturated rings. The second-order valence-electron chi connectivity index (χ2n) is 10.8. The average molecular weight is 573 g/mol. The molecule has 1 aromatic heterocycles. The fraction of sp³-hybridized carbons (Fsp3) is 0.667. The Morgan fingerprint density at radius 3 is 1.24 bits per heavy atom. The van der Waals surface area contributed by atoms with Crippen molar-refractivity contribution in [2.75, 3.05) is 11.8 Å². The number of alkyl halides is 2. The van der Waals surface area contributed by atoms with E-state index in [0.29, 0.717) is 0 Å². The van der Waals surface area contributed by atoms with Crippen LogP contribution in [0, 0.1) is 23.7 Å². The molecule has 1 aromatic rings. The third-order valence-corrected chi connectivity index (χ3v) is 6.95. The van der Waals surface area contributed by atoms with Crippen LogP contribution in [-0.4, -0.2) is 64.5 Å². The first kappa shape index (κ1) is 33.6. The van der Waals surface area contributed by atoms with Crippen LogP contribution >= 0.6 is 23.2 Å². The van der Waals surface area contributed by atoms with Crippen LogP contribution in [0.15, 0.2) is 18.2 Å². The van der Waals surface area contributed by atoms with Crippen LogP contribution in [0.5, 0.6) is 0 Å². The highest BCUT2D eigenvalue weighted by atomic mass is 35.5. The maximum atomic E-state index is 13.0. The van der Waals surface area contributed by atoms with Crippen LogP contribution < -0.4 is 21.3 Å². The van der Waals surface area contributed by atoms with Gasteiger partial charge in [-0.05, 0) is 35.8 Å². The van der Waals surface area contributed by atoms with E-state index in [1.54, 1.807) is 0 Å². The lowest BCUT2D eigenvalue weighted by Crippen LogP contribution is -2.54. The van der Waals surface area contributed by atoms with Gasteiger partial charge in [0.2, 0.25) is 11.8 Å². The number of rotatable bonds is 14. The van der Waals surface area contributed by atoms with Crippen LogP contribution in [0.25, 0.3) is 0 Å². The Hall–Kier alpha value is -2.39. The summed E-state index contributed by atoms with van der Waals surface area (Å²) < 4.78 is 0. The summed E-state index contributed by atoms with van der Waals surface area (Å²) >= 11 is 12.0. The molecule has 0 spiro atoms. The van der Waals surface area contributed by atoms with E-state index in [9.17, 15) is 19.2 Å². The minimum absolute atomic E-state index is 0.0265. The van der Waals surface area contributed by atoms with Crippen LogP contribution in [0.3, 0.4) is 0 Å². The third kappa shape index (κ3) is 10.1. The highest BCUT2D eigenvalue weighted by Crippen LogP contribution is 2.11. The molecule has 0 saturated heterocycles. The fourth-order valence-electron chi connectivity index (χ4n) is 3.50. The summed E-state index contributed by atoms with van der Waals surface area (Å²) in [6.45, 7) is 15.1. The molecule has 11 heteroatoms. The molecule has 0 aliphatic carbocycles. The maximum absolute atomic E-state index is 13.0. The average Bonchev–Trinajstić information content (AvgIpc) is 2.85. The molecule has 9 nitrogen and oxygen atoms in total. The van der Waals surface area contributed by atoms with Crippen LogP contribution in [-0.2, 0) is 9.59 Å². The Morgan fingerprint density at radius 1 is 0.632 bits per heavy atom. The van der Waals surface area contributed by atoms with Crippen LogP contribution in [0.1, 0.15) is 76.4 Å². The smallest absolute Gasteiger partial charge is 0.270 e. The lowest BCUT2D eigenvalue weighted by molar-refractivity contribution is -0.125. The first-order valence-electron chi connectivity index (χ1n) is 13.0. The molecular formula is C27H43Cl2N5O4. The highest BCUT2D eigenvalue weighted by Gasteiger charge is 2.29. The molecule has 4 N–H and O–H groups in total. The largest absolute Gasteiger partial charge is 0.350 e. The van der Waals surface area contributed by atoms with E-state index in [4.69, 9.17) is 23.2 Å². The number of halogens is 2. The molecule has 4 amide bonds. The molecule has 1 rings (SSSR count). The van der Waals surface area contributed by atoms with Gasteiger partial charge < -0.3 is 21.3 Å². The van der Waals surface area contributed by atoms with Gasteiger partial charge in [-0.25, -0.2) is 4.98 Å². The molecule has 0 aliphatic rings. The number of hydrogen-bond donors (Lipinski definition) is 4. The van der Waals surface area contributed by atoms with Crippen molar-refractivity contribution in [2.45, 2.75) is 79.6 Å². The number of pyridine rings is 1. The lowest BCUT2D eigenvalue weighted by atomic mass is 10.0. The van der Waals surface area contributed by atoms with E-state index >= 15 is 0 Å². The van der Waals surface area contributed by atoms with Gasteiger partial charge in [0.25, 0.3) is 11.8 Å². The first-order valence-corrected chi connectivity index (χ1v) is 14.1. The molecule has 0 aromatic carbocycles. The summed E-state index contributed by atoms with van der Waals surface area (Å²) in [6.07, 6.45) is 0. The number of nitrogens with zero attached hydrogens (tertiary/aromatic N) is 1. The normalized spacial score (nSPS) is 14.7. The molecule has 0 bridgehead atoms. The molecule has 4 atom stereocenters. The van der Waals surface area contributed by atoms with E-state index in [0.717, 1.165) is 0 Å². The fourth-order valence-corrected chi connectivity index (χ4v) is 4.37. The summed E-state index contributed by atoms with van der Waals surface area (Å²) in [7, 11) is 0. The maximum Gasteiger partial charge on any atom is 0.270 e. The quantitative estimate of drug-likeness (QED) is 0.254. The van der Waals surface area contributed by atoms with Crippen molar-refractivity contribution >= 4 is 46.8 Å². The van der Waals surface area contributed by atoms with Gasteiger partial charge in [0.15, 0.2) is 0 Å². The summed E-state index contributed by atoms with van der Waals surface area (Å²) in [4.78, 5) is 55.9. The lowest BCUT2D eigenvalue weighted by Gasteiger charge is -2.26. The van der Waals surface area contributed by atoms with Gasteiger partial charge in [0, 0.05) is 23.8 Å². The van der Waals surface area contributed by atoms with Gasteiger partial charge in [-0.15, -0.1) is 23.2 Å². The Kier molecular flexibility index (Phi) is 14.1. The predicted molar refractivity (Wildman–Crippen MR) is 151 cm³/mol. The van der Waals surface area contributed by atoms with Crippen molar-refractivity contribution < 1.29 is 19.2 Å². The Labute approximate surface area is 236 Å². The van der Waals surface area contributed by atoms with Crippen LogP contribution in [0.2, 0.25) is 0 Å². The van der Waals surface area contributed by atoms with Crippen molar-refractivity contribution in [3.8, 4) is 0 Å².